The minimum absolute atomic E-state index is 0.103. The lowest BCUT2D eigenvalue weighted by molar-refractivity contribution is -0.112. The molecule has 0 saturated carbocycles. The summed E-state index contributed by atoms with van der Waals surface area (Å²) in [6, 6.07) is -1.00. The number of aliphatic hydroxyl groups is 1. The molecule has 3 N–H and O–H groups in total. The Labute approximate surface area is 138 Å². The first-order chi connectivity index (χ1) is 10.6. The maximum Gasteiger partial charge on any atom is 0.410 e. The van der Waals surface area contributed by atoms with Crippen LogP contribution in [0.1, 0.15) is 27.7 Å². The Morgan fingerprint density at radius 1 is 1.48 bits per heavy atom. The molecule has 2 heterocycles. The second-order valence-electron chi connectivity index (χ2n) is 6.54. The number of hydrogen-bond acceptors (Lipinski definition) is 7. The Morgan fingerprint density at radius 2 is 2.13 bits per heavy atom. The number of nitrogens with zero attached hydrogens (tertiary/aromatic N) is 3. The van der Waals surface area contributed by atoms with E-state index in [9.17, 15) is 14.7 Å². The van der Waals surface area contributed by atoms with Gasteiger partial charge < -0.3 is 20.1 Å². The minimum Gasteiger partial charge on any atom is -0.444 e. The van der Waals surface area contributed by atoms with Gasteiger partial charge in [-0.15, -0.1) is 5.10 Å². The van der Waals surface area contributed by atoms with Crippen molar-refractivity contribution in [2.75, 3.05) is 18.4 Å². The van der Waals surface area contributed by atoms with Crippen molar-refractivity contribution in [1.29, 1.82) is 0 Å². The Bertz CT molecular complexity index is 565. The van der Waals surface area contributed by atoms with Crippen molar-refractivity contribution in [3.8, 4) is 0 Å². The van der Waals surface area contributed by atoms with Gasteiger partial charge >= 0.3 is 12.1 Å². The van der Waals surface area contributed by atoms with Gasteiger partial charge in [0.15, 0.2) is 0 Å². The number of nitrogens with one attached hydrogen (secondary N) is 2. The van der Waals surface area contributed by atoms with Crippen molar-refractivity contribution in [1.82, 2.24) is 19.8 Å². The molecule has 1 aromatic rings. The summed E-state index contributed by atoms with van der Waals surface area (Å²) in [4.78, 5) is 25.1. The molecular formula is C13H21N5O4S. The van der Waals surface area contributed by atoms with E-state index >= 15 is 0 Å². The molecule has 2 rings (SSSR count). The van der Waals surface area contributed by atoms with Crippen LogP contribution in [0.4, 0.5) is 14.6 Å². The number of ether oxygens (including phenoxy) is 1. The third-order valence-corrected chi connectivity index (χ3v) is 3.91. The highest BCUT2D eigenvalue weighted by atomic mass is 32.1. The molecule has 1 aliphatic rings. The van der Waals surface area contributed by atoms with E-state index in [1.807, 2.05) is 0 Å². The highest BCUT2D eigenvalue weighted by Crippen LogP contribution is 2.26. The van der Waals surface area contributed by atoms with Gasteiger partial charge in [0.05, 0.1) is 25.3 Å². The molecule has 0 spiro atoms. The first-order valence-electron chi connectivity index (χ1n) is 7.14. The van der Waals surface area contributed by atoms with Crippen LogP contribution in [-0.4, -0.2) is 62.1 Å². The molecule has 1 aliphatic heterocycles. The topological polar surface area (TPSA) is 117 Å². The lowest BCUT2D eigenvalue weighted by atomic mass is 9.87. The molecule has 128 valence electrons. The summed E-state index contributed by atoms with van der Waals surface area (Å²) in [5, 5.41) is 19.8. The number of aromatic nitrogens is 2. The highest BCUT2D eigenvalue weighted by Gasteiger charge is 2.49. The summed E-state index contributed by atoms with van der Waals surface area (Å²) < 4.78 is 8.86. The summed E-state index contributed by atoms with van der Waals surface area (Å²) in [6.45, 7) is 7.22. The van der Waals surface area contributed by atoms with Crippen molar-refractivity contribution >= 4 is 28.7 Å². The number of urea groups is 1. The highest BCUT2D eigenvalue weighted by molar-refractivity contribution is 7.10. The van der Waals surface area contributed by atoms with E-state index in [-0.39, 0.29) is 13.1 Å². The normalized spacial score (nSPS) is 17.9. The summed E-state index contributed by atoms with van der Waals surface area (Å²) >= 11 is 1.05. The molecule has 1 unspecified atom stereocenters. The standard InChI is InChI=1S/C13H21N5O4S/c1-8(15-10(19)16-9-5-14-17-23-9)13(21)6-18(7-13)11(20)22-12(2,3)4/h5,8,21H,6-7H2,1-4H3,(H2,15,16,19). The maximum atomic E-state index is 11.9. The molecule has 23 heavy (non-hydrogen) atoms. The van der Waals surface area contributed by atoms with Crippen LogP contribution < -0.4 is 10.6 Å². The van der Waals surface area contributed by atoms with E-state index in [1.54, 1.807) is 27.7 Å². The number of anilines is 1. The fraction of sp³-hybridized carbons (Fsp3) is 0.692. The van der Waals surface area contributed by atoms with Crippen LogP contribution in [-0.2, 0) is 4.74 Å². The Hall–Kier alpha value is -1.94. The van der Waals surface area contributed by atoms with Gasteiger partial charge in [-0.25, -0.2) is 9.59 Å². The van der Waals surface area contributed by atoms with Gasteiger partial charge in [0.1, 0.15) is 16.2 Å². The van der Waals surface area contributed by atoms with Crippen LogP contribution in [0.2, 0.25) is 0 Å². The molecule has 10 heteroatoms. The van der Waals surface area contributed by atoms with Crippen molar-refractivity contribution in [3.05, 3.63) is 6.20 Å². The smallest absolute Gasteiger partial charge is 0.410 e. The molecule has 0 bridgehead atoms. The second-order valence-corrected chi connectivity index (χ2v) is 7.33. The lowest BCUT2D eigenvalue weighted by Gasteiger charge is -2.49. The molecule has 1 saturated heterocycles. The van der Waals surface area contributed by atoms with E-state index in [4.69, 9.17) is 4.74 Å². The predicted octanol–water partition coefficient (Wildman–Crippen LogP) is 1.03. The quantitative estimate of drug-likeness (QED) is 0.755. The molecule has 9 nitrogen and oxygen atoms in total. The first-order valence-corrected chi connectivity index (χ1v) is 7.91. The van der Waals surface area contributed by atoms with Crippen LogP contribution in [0.5, 0.6) is 0 Å². The molecular weight excluding hydrogens is 322 g/mol. The minimum atomic E-state index is -1.18. The molecule has 3 amide bonds. The fourth-order valence-electron chi connectivity index (χ4n) is 2.05. The molecule has 0 radical (unpaired) electrons. The van der Waals surface area contributed by atoms with Crippen LogP contribution in [0.15, 0.2) is 6.20 Å². The summed E-state index contributed by atoms with van der Waals surface area (Å²) in [5.74, 6) is 0. The van der Waals surface area contributed by atoms with E-state index < -0.39 is 29.4 Å². The largest absolute Gasteiger partial charge is 0.444 e. The maximum absolute atomic E-state index is 11.9. The van der Waals surface area contributed by atoms with Gasteiger partial charge in [-0.2, -0.15) is 0 Å². The molecule has 1 fully saturated rings. The Balaban J connectivity index is 1.81. The number of hydrogen-bond donors (Lipinski definition) is 3. The van der Waals surface area contributed by atoms with Gasteiger partial charge in [-0.1, -0.05) is 4.49 Å². The first kappa shape index (κ1) is 17.4. The fourth-order valence-corrected chi connectivity index (χ4v) is 2.46. The van der Waals surface area contributed by atoms with E-state index in [0.29, 0.717) is 5.00 Å². The zero-order chi connectivity index (χ0) is 17.3. The predicted molar refractivity (Wildman–Crippen MR) is 84.3 cm³/mol. The van der Waals surface area contributed by atoms with E-state index in [1.165, 1.54) is 11.1 Å². The monoisotopic (exact) mass is 343 g/mol. The van der Waals surface area contributed by atoms with Crippen molar-refractivity contribution in [2.24, 2.45) is 0 Å². The average Bonchev–Trinajstić information content (AvgIpc) is 2.85. The third-order valence-electron chi connectivity index (χ3n) is 3.33. The van der Waals surface area contributed by atoms with Gasteiger partial charge in [0, 0.05) is 11.5 Å². The van der Waals surface area contributed by atoms with Gasteiger partial charge in [0.2, 0.25) is 0 Å². The zero-order valence-electron chi connectivity index (χ0n) is 13.5. The molecule has 1 aromatic heterocycles. The summed E-state index contributed by atoms with van der Waals surface area (Å²) in [6.07, 6.45) is 0.951. The van der Waals surface area contributed by atoms with Gasteiger partial charge in [-0.05, 0) is 27.7 Å². The molecule has 0 aliphatic carbocycles. The van der Waals surface area contributed by atoms with E-state index in [2.05, 4.69) is 20.2 Å². The molecule has 1 atom stereocenters. The summed E-state index contributed by atoms with van der Waals surface area (Å²) in [5.41, 5.74) is -1.77. The molecule has 0 aromatic carbocycles. The van der Waals surface area contributed by atoms with Crippen molar-refractivity contribution in [3.63, 3.8) is 0 Å². The van der Waals surface area contributed by atoms with E-state index in [0.717, 1.165) is 11.5 Å². The van der Waals surface area contributed by atoms with Crippen LogP contribution >= 0.6 is 11.5 Å². The summed E-state index contributed by atoms with van der Waals surface area (Å²) in [7, 11) is 0. The number of rotatable bonds is 3. The van der Waals surface area contributed by atoms with Gasteiger partial charge in [-0.3, -0.25) is 5.32 Å². The number of likely N-dealkylation sites (tertiary alicyclic amines) is 1. The Morgan fingerprint density at radius 3 is 2.65 bits per heavy atom. The van der Waals surface area contributed by atoms with Crippen LogP contribution in [0, 0.1) is 0 Å². The average molecular weight is 343 g/mol. The third kappa shape index (κ3) is 4.52. The second kappa shape index (κ2) is 6.28. The van der Waals surface area contributed by atoms with Crippen LogP contribution in [0.25, 0.3) is 0 Å². The van der Waals surface area contributed by atoms with Crippen LogP contribution in [0.3, 0.4) is 0 Å². The van der Waals surface area contributed by atoms with Crippen molar-refractivity contribution < 1.29 is 19.4 Å². The number of β-amino-alcohol motifs (C(OH)–C–C–N with tert-alkyl or cyclic N) is 1. The number of amides is 3. The number of carbonyl (C=O) groups excluding carboxylic acids is 2. The Kier molecular flexibility index (Phi) is 4.76. The lowest BCUT2D eigenvalue weighted by Crippen LogP contribution is -2.71. The number of carbonyl (C=O) groups is 2. The zero-order valence-corrected chi connectivity index (χ0v) is 14.3. The SMILES string of the molecule is CC(NC(=O)Nc1cnns1)C1(O)CN(C(=O)OC(C)(C)C)C1. The van der Waals surface area contributed by atoms with Crippen molar-refractivity contribution in [2.45, 2.75) is 44.9 Å². The van der Waals surface area contributed by atoms with Gasteiger partial charge in [0.25, 0.3) is 0 Å².